The van der Waals surface area contributed by atoms with Crippen LogP contribution in [0.15, 0.2) is 36.4 Å². The maximum Gasteiger partial charge on any atom is 0.270 e. The van der Waals surface area contributed by atoms with Crippen molar-refractivity contribution in [2.24, 2.45) is 0 Å². The topological polar surface area (TPSA) is 70.2 Å². The molecule has 22 heavy (non-hydrogen) atoms. The van der Waals surface area contributed by atoms with Gasteiger partial charge < -0.3 is 4.90 Å². The van der Waals surface area contributed by atoms with Gasteiger partial charge in [0.05, 0.1) is 16.2 Å². The fraction of sp³-hybridized carbons (Fsp3) is 0.188. The third-order valence-electron chi connectivity index (χ3n) is 3.83. The Morgan fingerprint density at radius 3 is 2.77 bits per heavy atom. The first-order chi connectivity index (χ1) is 10.6. The molecule has 0 saturated carbocycles. The van der Waals surface area contributed by atoms with Crippen LogP contribution in [-0.4, -0.2) is 11.5 Å². The van der Waals surface area contributed by atoms with Crippen LogP contribution in [0.1, 0.15) is 16.7 Å². The van der Waals surface area contributed by atoms with Crippen molar-refractivity contribution in [2.45, 2.75) is 13.0 Å². The molecule has 1 aliphatic heterocycles. The Hall–Kier alpha value is -2.94. The smallest absolute Gasteiger partial charge is 0.270 e. The third kappa shape index (κ3) is 2.49. The highest BCUT2D eigenvalue weighted by Crippen LogP contribution is 2.29. The average Bonchev–Trinajstić information content (AvgIpc) is 2.53. The highest BCUT2D eigenvalue weighted by molar-refractivity contribution is 5.63. The summed E-state index contributed by atoms with van der Waals surface area (Å²) in [6.45, 7) is 1.20. The predicted molar refractivity (Wildman–Crippen MR) is 79.0 cm³/mol. The molecule has 3 rings (SSSR count). The molecule has 0 saturated heterocycles. The molecule has 0 atom stereocenters. The molecule has 2 aromatic rings. The Morgan fingerprint density at radius 2 is 2.05 bits per heavy atom. The van der Waals surface area contributed by atoms with Crippen LogP contribution in [0.25, 0.3) is 0 Å². The SMILES string of the molecule is N#Cc1cc([N+](=O)[O-])ccc1N1CCc2cc(F)ccc2C1. The molecule has 0 unspecified atom stereocenters. The molecular weight excluding hydrogens is 285 g/mol. The van der Waals surface area contributed by atoms with Gasteiger partial charge in [0.2, 0.25) is 0 Å². The third-order valence-corrected chi connectivity index (χ3v) is 3.83. The number of hydrogen-bond donors (Lipinski definition) is 0. The number of rotatable bonds is 2. The summed E-state index contributed by atoms with van der Waals surface area (Å²) < 4.78 is 13.2. The average molecular weight is 297 g/mol. The van der Waals surface area contributed by atoms with Gasteiger partial charge in [-0.05, 0) is 35.7 Å². The number of non-ortho nitro benzene ring substituents is 1. The predicted octanol–water partition coefficient (Wildman–Crippen LogP) is 3.17. The van der Waals surface area contributed by atoms with E-state index in [1.54, 1.807) is 12.1 Å². The lowest BCUT2D eigenvalue weighted by Crippen LogP contribution is -2.31. The van der Waals surface area contributed by atoms with Gasteiger partial charge in [-0.2, -0.15) is 5.26 Å². The lowest BCUT2D eigenvalue weighted by atomic mass is 9.98. The van der Waals surface area contributed by atoms with Crippen LogP contribution in [0.5, 0.6) is 0 Å². The number of hydrogen-bond acceptors (Lipinski definition) is 4. The second-order valence-corrected chi connectivity index (χ2v) is 5.15. The zero-order valence-electron chi connectivity index (χ0n) is 11.6. The molecule has 0 fully saturated rings. The molecule has 2 aromatic carbocycles. The van der Waals surface area contributed by atoms with E-state index in [4.69, 9.17) is 0 Å². The minimum Gasteiger partial charge on any atom is -0.366 e. The second kappa shape index (κ2) is 5.45. The van der Waals surface area contributed by atoms with E-state index in [-0.39, 0.29) is 17.1 Å². The Balaban J connectivity index is 1.94. The van der Waals surface area contributed by atoms with Crippen LogP contribution in [0, 0.1) is 27.3 Å². The number of nitriles is 1. The second-order valence-electron chi connectivity index (χ2n) is 5.15. The maximum absolute atomic E-state index is 13.2. The molecule has 0 amide bonds. The van der Waals surface area contributed by atoms with E-state index in [2.05, 4.69) is 0 Å². The molecular formula is C16H12FN3O2. The molecule has 0 bridgehead atoms. The number of benzene rings is 2. The first kappa shape index (κ1) is 14.0. The van der Waals surface area contributed by atoms with Crippen molar-refractivity contribution in [3.8, 4) is 6.07 Å². The van der Waals surface area contributed by atoms with Gasteiger partial charge in [0.25, 0.3) is 5.69 Å². The van der Waals surface area contributed by atoms with Crippen LogP contribution < -0.4 is 4.90 Å². The molecule has 1 heterocycles. The summed E-state index contributed by atoms with van der Waals surface area (Å²) in [7, 11) is 0. The fourth-order valence-corrected chi connectivity index (χ4v) is 2.73. The van der Waals surface area contributed by atoms with E-state index in [9.17, 15) is 19.8 Å². The lowest BCUT2D eigenvalue weighted by molar-refractivity contribution is -0.384. The minimum atomic E-state index is -0.515. The van der Waals surface area contributed by atoms with Gasteiger partial charge in [0.15, 0.2) is 0 Å². The van der Waals surface area contributed by atoms with Gasteiger partial charge in [0, 0.05) is 25.2 Å². The molecule has 0 radical (unpaired) electrons. The number of anilines is 1. The lowest BCUT2D eigenvalue weighted by Gasteiger charge is -2.31. The van der Waals surface area contributed by atoms with E-state index < -0.39 is 4.92 Å². The molecule has 0 N–H and O–H groups in total. The Bertz CT molecular complexity index is 798. The van der Waals surface area contributed by atoms with Gasteiger partial charge in [-0.3, -0.25) is 10.1 Å². The van der Waals surface area contributed by atoms with Crippen molar-refractivity contribution in [1.82, 2.24) is 0 Å². The van der Waals surface area contributed by atoms with Crippen molar-refractivity contribution >= 4 is 11.4 Å². The van der Waals surface area contributed by atoms with Gasteiger partial charge in [-0.15, -0.1) is 0 Å². The number of nitro benzene ring substituents is 1. The van der Waals surface area contributed by atoms with E-state index in [0.29, 0.717) is 25.2 Å². The normalized spacial score (nSPS) is 13.4. The van der Waals surface area contributed by atoms with Crippen LogP contribution in [-0.2, 0) is 13.0 Å². The molecule has 0 aliphatic carbocycles. The number of nitrogens with zero attached hydrogens (tertiary/aromatic N) is 3. The summed E-state index contributed by atoms with van der Waals surface area (Å²) in [5, 5.41) is 20.0. The molecule has 110 valence electrons. The quantitative estimate of drug-likeness (QED) is 0.630. The van der Waals surface area contributed by atoms with E-state index in [1.165, 1.54) is 24.3 Å². The summed E-state index contributed by atoms with van der Waals surface area (Å²) in [4.78, 5) is 12.3. The number of nitro groups is 1. The van der Waals surface area contributed by atoms with Crippen molar-refractivity contribution in [1.29, 1.82) is 5.26 Å². The van der Waals surface area contributed by atoms with E-state index in [1.807, 2.05) is 11.0 Å². The highest BCUT2D eigenvalue weighted by Gasteiger charge is 2.20. The zero-order valence-corrected chi connectivity index (χ0v) is 11.6. The Morgan fingerprint density at radius 1 is 1.23 bits per heavy atom. The van der Waals surface area contributed by atoms with Crippen LogP contribution in [0.4, 0.5) is 15.8 Å². The highest BCUT2D eigenvalue weighted by atomic mass is 19.1. The number of fused-ring (bicyclic) bond motifs is 1. The Kier molecular flexibility index (Phi) is 3.47. The fourth-order valence-electron chi connectivity index (χ4n) is 2.73. The van der Waals surface area contributed by atoms with Crippen molar-refractivity contribution in [3.63, 3.8) is 0 Å². The summed E-state index contributed by atoms with van der Waals surface area (Å²) in [5.41, 5.74) is 2.83. The number of halogens is 1. The maximum atomic E-state index is 13.2. The Labute approximate surface area is 126 Å². The van der Waals surface area contributed by atoms with Gasteiger partial charge in [0.1, 0.15) is 11.9 Å². The monoisotopic (exact) mass is 297 g/mol. The van der Waals surface area contributed by atoms with Gasteiger partial charge in [-0.1, -0.05) is 6.07 Å². The molecule has 1 aliphatic rings. The molecule has 5 nitrogen and oxygen atoms in total. The van der Waals surface area contributed by atoms with Crippen molar-refractivity contribution < 1.29 is 9.31 Å². The first-order valence-corrected chi connectivity index (χ1v) is 6.79. The van der Waals surface area contributed by atoms with Crippen LogP contribution >= 0.6 is 0 Å². The summed E-state index contributed by atoms with van der Waals surface area (Å²) >= 11 is 0. The van der Waals surface area contributed by atoms with E-state index >= 15 is 0 Å². The molecule has 0 aromatic heterocycles. The summed E-state index contributed by atoms with van der Waals surface area (Å²) in [6, 6.07) is 11.0. The first-order valence-electron chi connectivity index (χ1n) is 6.79. The summed E-state index contributed by atoms with van der Waals surface area (Å²) in [5.74, 6) is -0.250. The van der Waals surface area contributed by atoms with Crippen LogP contribution in [0.3, 0.4) is 0 Å². The molecule has 0 spiro atoms. The van der Waals surface area contributed by atoms with Gasteiger partial charge >= 0.3 is 0 Å². The van der Waals surface area contributed by atoms with Crippen molar-refractivity contribution in [3.05, 3.63) is 69.0 Å². The van der Waals surface area contributed by atoms with Crippen LogP contribution in [0.2, 0.25) is 0 Å². The van der Waals surface area contributed by atoms with E-state index in [0.717, 1.165) is 11.1 Å². The standard InChI is InChI=1S/C16H12FN3O2/c17-14-2-1-12-10-19(6-5-11(12)7-14)16-4-3-15(20(21)22)8-13(16)9-18/h1-4,7-8H,5-6,10H2. The minimum absolute atomic E-state index is 0.0974. The molecule has 6 heteroatoms. The summed E-state index contributed by atoms with van der Waals surface area (Å²) in [6.07, 6.45) is 0.676. The van der Waals surface area contributed by atoms with Gasteiger partial charge in [-0.25, -0.2) is 4.39 Å². The zero-order chi connectivity index (χ0) is 15.7. The largest absolute Gasteiger partial charge is 0.366 e. The van der Waals surface area contributed by atoms with Crippen molar-refractivity contribution in [2.75, 3.05) is 11.4 Å².